The first-order valence-corrected chi connectivity index (χ1v) is 20.9. The van der Waals surface area contributed by atoms with Crippen molar-refractivity contribution in [2.24, 2.45) is 21.7 Å². The molecule has 312 valence electrons. The van der Waals surface area contributed by atoms with Gasteiger partial charge in [0.1, 0.15) is 33.2 Å². The number of carbonyl (C=O) groups is 4. The molecule has 12 nitrogen and oxygen atoms in total. The summed E-state index contributed by atoms with van der Waals surface area (Å²) in [4.78, 5) is 67.3. The zero-order chi connectivity index (χ0) is 42.2. The first-order valence-electron chi connectivity index (χ1n) is 20.9. The van der Waals surface area contributed by atoms with Crippen molar-refractivity contribution in [2.75, 3.05) is 26.4 Å². The zero-order valence-electron chi connectivity index (χ0n) is 34.2. The molecular weight excluding hydrogens is 765 g/mol. The van der Waals surface area contributed by atoms with Gasteiger partial charge in [0.2, 0.25) is 0 Å². The lowest BCUT2D eigenvalue weighted by molar-refractivity contribution is -0.449. The fraction of sp³-hybridized carbons (Fsp3) is 0.417. The van der Waals surface area contributed by atoms with Gasteiger partial charge in [-0.15, -0.1) is 0 Å². The zero-order valence-corrected chi connectivity index (χ0v) is 34.2. The van der Waals surface area contributed by atoms with Gasteiger partial charge in [-0.2, -0.15) is 0 Å². The van der Waals surface area contributed by atoms with Crippen LogP contribution < -0.4 is 0 Å². The monoisotopic (exact) mass is 814 g/mol. The number of aromatic hydroxyl groups is 2. The molecule has 60 heavy (non-hydrogen) atoms. The minimum atomic E-state index is -1.65. The smallest absolute Gasteiger partial charge is 0.316 e. The van der Waals surface area contributed by atoms with Crippen LogP contribution in [-0.2, 0) is 51.2 Å². The molecule has 8 bridgehead atoms. The number of rotatable bonds is 14. The topological polar surface area (TPSA) is 152 Å². The highest BCUT2D eigenvalue weighted by Crippen LogP contribution is 2.92. The van der Waals surface area contributed by atoms with Gasteiger partial charge in [0.15, 0.2) is 0 Å². The van der Waals surface area contributed by atoms with E-state index < -0.39 is 81.5 Å². The molecule has 2 N–H and O–H groups in total. The lowest BCUT2D eigenvalue weighted by atomic mass is 9.15. The van der Waals surface area contributed by atoms with E-state index in [1.807, 2.05) is 60.7 Å². The molecule has 6 fully saturated rings. The Kier molecular flexibility index (Phi) is 9.59. The number of ether oxygens (including phenoxy) is 4. The summed E-state index contributed by atoms with van der Waals surface area (Å²) in [5.41, 5.74) is -3.81. The first kappa shape index (κ1) is 39.7. The number of benzene rings is 4. The minimum Gasteiger partial charge on any atom is -0.508 e. The lowest BCUT2D eigenvalue weighted by Crippen LogP contribution is -3.09. The van der Waals surface area contributed by atoms with Crippen molar-refractivity contribution in [1.29, 1.82) is 0 Å². The third-order valence-electron chi connectivity index (χ3n) is 14.2. The van der Waals surface area contributed by atoms with Crippen LogP contribution >= 0.6 is 0 Å². The summed E-state index contributed by atoms with van der Waals surface area (Å²) in [7, 11) is 0. The van der Waals surface area contributed by atoms with Gasteiger partial charge < -0.3 is 29.2 Å². The van der Waals surface area contributed by atoms with E-state index in [1.54, 1.807) is 52.0 Å². The van der Waals surface area contributed by atoms with E-state index in [9.17, 15) is 10.2 Å². The summed E-state index contributed by atoms with van der Waals surface area (Å²) in [5.74, 6) is -4.38. The molecule has 12 heteroatoms. The van der Waals surface area contributed by atoms with E-state index >= 15 is 19.2 Å². The van der Waals surface area contributed by atoms with Crippen LogP contribution in [0.15, 0.2) is 109 Å². The SMILES string of the molecule is CCOC(=O)C12C(c3ccc(O)cc3)C3(C(=O)OCC)C4N(Cc5ccccc5)C1C1(C(=O)OCC)C(c5ccc(O)cc5)C4(C(=O)OCC)C3N(Cc3ccccc3)C21. The van der Waals surface area contributed by atoms with Crippen molar-refractivity contribution < 1.29 is 48.3 Å². The average molecular weight is 815 g/mol. The van der Waals surface area contributed by atoms with Crippen molar-refractivity contribution in [3.8, 4) is 11.5 Å². The van der Waals surface area contributed by atoms with E-state index in [1.165, 1.54) is 24.3 Å². The van der Waals surface area contributed by atoms with Gasteiger partial charge in [-0.1, -0.05) is 84.9 Å². The molecule has 4 heterocycles. The van der Waals surface area contributed by atoms with Crippen LogP contribution in [0, 0.1) is 21.7 Å². The van der Waals surface area contributed by atoms with Crippen LogP contribution in [0.5, 0.6) is 11.5 Å². The van der Waals surface area contributed by atoms with Crippen molar-refractivity contribution in [3.63, 3.8) is 0 Å². The predicted octanol–water partition coefficient (Wildman–Crippen LogP) is 5.71. The molecule has 0 amide bonds. The maximum atomic E-state index is 15.8. The van der Waals surface area contributed by atoms with Crippen LogP contribution in [-0.4, -0.2) is 94.5 Å². The third-order valence-corrected chi connectivity index (χ3v) is 14.2. The standard InChI is InChI=1S/C48H50N2O10/c1-5-57-41(53)45-35(31-19-23-33(51)24-20-31)46(42(54)58-6-2)39-48(44(56)60-8-4)36(32-21-25-34(52)26-22-32)47(43(55)59-7-3,37(45)49(39)27-29-15-11-9-12-16-29)38(45)50(40(46)48)28-30-17-13-10-14-18-30/h9-26,35-40,51-52H,5-8,27-28H2,1-4H3. The fourth-order valence-electron chi connectivity index (χ4n) is 13.3. The molecular formula is C48H50N2O10. The summed E-state index contributed by atoms with van der Waals surface area (Å²) in [6.45, 7) is 7.30. The Bertz CT molecular complexity index is 2040. The normalized spacial score (nSPS) is 32.9. The van der Waals surface area contributed by atoms with E-state index in [0.717, 1.165) is 11.1 Å². The third kappa shape index (κ3) is 4.74. The van der Waals surface area contributed by atoms with E-state index in [0.29, 0.717) is 11.1 Å². The number of phenolic OH excluding ortho intramolecular Hbond substituents is 2. The van der Waals surface area contributed by atoms with Crippen LogP contribution in [0.4, 0.5) is 0 Å². The Balaban J connectivity index is 1.49. The molecule has 2 aliphatic carbocycles. The minimum absolute atomic E-state index is 0.0111. The molecule has 4 saturated heterocycles. The van der Waals surface area contributed by atoms with Gasteiger partial charge in [-0.25, -0.2) is 0 Å². The summed E-state index contributed by atoms with van der Waals surface area (Å²) >= 11 is 0. The number of piperidine rings is 4. The van der Waals surface area contributed by atoms with Crippen molar-refractivity contribution in [3.05, 3.63) is 131 Å². The fourth-order valence-corrected chi connectivity index (χ4v) is 13.3. The first-order chi connectivity index (χ1) is 29.1. The van der Waals surface area contributed by atoms with E-state index in [-0.39, 0.29) is 51.0 Å². The maximum absolute atomic E-state index is 15.8. The van der Waals surface area contributed by atoms with Gasteiger partial charge >= 0.3 is 23.9 Å². The van der Waals surface area contributed by atoms with Gasteiger partial charge in [0, 0.05) is 49.1 Å². The Morgan fingerprint density at radius 3 is 0.967 bits per heavy atom. The van der Waals surface area contributed by atoms with Crippen molar-refractivity contribution in [1.82, 2.24) is 9.80 Å². The maximum Gasteiger partial charge on any atom is 0.316 e. The molecule has 2 saturated carbocycles. The quantitative estimate of drug-likeness (QED) is 0.119. The van der Waals surface area contributed by atoms with Crippen LogP contribution in [0.1, 0.15) is 61.8 Å². The molecule has 0 unspecified atom stereocenters. The molecule has 6 aliphatic rings. The van der Waals surface area contributed by atoms with Crippen molar-refractivity contribution >= 4 is 23.9 Å². The molecule has 0 radical (unpaired) electrons. The largest absolute Gasteiger partial charge is 0.508 e. The van der Waals surface area contributed by atoms with Crippen LogP contribution in [0.2, 0.25) is 0 Å². The molecule has 10 rings (SSSR count). The Hall–Kier alpha value is -5.72. The molecule has 0 aromatic heterocycles. The predicted molar refractivity (Wildman–Crippen MR) is 217 cm³/mol. The highest BCUT2D eigenvalue weighted by molar-refractivity contribution is 6.03. The molecule has 0 spiro atoms. The van der Waals surface area contributed by atoms with Gasteiger partial charge in [0.25, 0.3) is 0 Å². The Labute approximate surface area is 349 Å². The Morgan fingerprint density at radius 2 is 0.717 bits per heavy atom. The summed E-state index contributed by atoms with van der Waals surface area (Å²) in [6.07, 6.45) is 0. The van der Waals surface area contributed by atoms with E-state index in [2.05, 4.69) is 9.80 Å². The number of hydrogen-bond acceptors (Lipinski definition) is 12. The van der Waals surface area contributed by atoms with Gasteiger partial charge in [-0.05, 0) is 74.2 Å². The number of nitrogens with zero attached hydrogens (tertiary/aromatic N) is 2. The number of hydrogen-bond donors (Lipinski definition) is 2. The van der Waals surface area contributed by atoms with Gasteiger partial charge in [-0.3, -0.25) is 29.0 Å². The summed E-state index contributed by atoms with van der Waals surface area (Å²) in [5, 5.41) is 21.3. The molecule has 4 aromatic carbocycles. The summed E-state index contributed by atoms with van der Waals surface area (Å²) < 4.78 is 24.9. The highest BCUT2D eigenvalue weighted by Gasteiger charge is 3.06. The number of carbonyl (C=O) groups excluding carboxylic acids is 4. The highest BCUT2D eigenvalue weighted by atomic mass is 16.6. The Morgan fingerprint density at radius 1 is 0.450 bits per heavy atom. The second kappa shape index (κ2) is 14.5. The molecule has 0 atom stereocenters. The van der Waals surface area contributed by atoms with Crippen LogP contribution in [0.3, 0.4) is 0 Å². The molecule has 4 aliphatic heterocycles. The molecule has 4 aromatic rings. The summed E-state index contributed by atoms with van der Waals surface area (Å²) in [6, 6.07) is 28.1. The van der Waals surface area contributed by atoms with E-state index in [4.69, 9.17) is 18.9 Å². The second-order valence-corrected chi connectivity index (χ2v) is 16.6. The number of phenols is 2. The van der Waals surface area contributed by atoms with Crippen molar-refractivity contribution in [2.45, 2.75) is 76.8 Å². The van der Waals surface area contributed by atoms with Crippen LogP contribution in [0.25, 0.3) is 0 Å². The average Bonchev–Trinajstić information content (AvgIpc) is 3.21. The van der Waals surface area contributed by atoms with Gasteiger partial charge in [0.05, 0.1) is 26.4 Å². The second-order valence-electron chi connectivity index (χ2n) is 16.6. The number of esters is 4. The lowest BCUT2D eigenvalue weighted by Gasteiger charge is -2.95.